The fraction of sp³-hybridized carbons (Fsp3) is 0.550. The molecule has 9 nitrogen and oxygen atoms in total. The lowest BCUT2D eigenvalue weighted by Gasteiger charge is -2.36. The number of hydrogen-bond acceptors (Lipinski definition) is 7. The largest absolute Gasteiger partial charge is 0.368 e. The van der Waals surface area contributed by atoms with Crippen LogP contribution in [0.25, 0.3) is 0 Å². The molecule has 2 aromatic rings. The topological polar surface area (TPSA) is 106 Å². The van der Waals surface area contributed by atoms with Crippen LogP contribution in [0.5, 0.6) is 0 Å². The van der Waals surface area contributed by atoms with Crippen molar-refractivity contribution in [2.75, 3.05) is 31.1 Å². The van der Waals surface area contributed by atoms with E-state index >= 15 is 0 Å². The van der Waals surface area contributed by atoms with Crippen LogP contribution in [0.4, 0.5) is 11.4 Å². The van der Waals surface area contributed by atoms with E-state index in [1.165, 1.54) is 12.1 Å². The zero-order chi connectivity index (χ0) is 21.0. The van der Waals surface area contributed by atoms with Crippen molar-refractivity contribution in [3.8, 4) is 0 Å². The average molecular weight is 401 g/mol. The SMILES string of the molecule is CC(C)(C)c1noc(CCCC(=O)N2CCN(c3ccc([N+](=O)[O-])cc3)CC2)n1. The Bertz CT molecular complexity index is 849. The number of carbonyl (C=O) groups excluding carboxylic acids is 1. The van der Waals surface area contributed by atoms with E-state index in [0.29, 0.717) is 57.2 Å². The molecule has 0 spiro atoms. The number of benzene rings is 1. The van der Waals surface area contributed by atoms with Crippen molar-refractivity contribution in [1.29, 1.82) is 0 Å². The van der Waals surface area contributed by atoms with Crippen molar-refractivity contribution in [3.63, 3.8) is 0 Å². The Morgan fingerprint density at radius 1 is 1.17 bits per heavy atom. The molecular formula is C20H27N5O4. The summed E-state index contributed by atoms with van der Waals surface area (Å²) in [5.74, 6) is 1.39. The number of amides is 1. The molecule has 0 saturated carbocycles. The molecule has 0 unspecified atom stereocenters. The zero-order valence-corrected chi connectivity index (χ0v) is 17.1. The number of non-ortho nitro benzene ring substituents is 1. The Morgan fingerprint density at radius 3 is 2.38 bits per heavy atom. The maximum Gasteiger partial charge on any atom is 0.269 e. The van der Waals surface area contributed by atoms with Gasteiger partial charge in [-0.15, -0.1) is 0 Å². The second kappa shape index (κ2) is 8.59. The number of anilines is 1. The number of piperazine rings is 1. The van der Waals surface area contributed by atoms with E-state index in [0.717, 1.165) is 5.69 Å². The van der Waals surface area contributed by atoms with E-state index in [1.54, 1.807) is 12.1 Å². The second-order valence-corrected chi connectivity index (χ2v) is 8.26. The van der Waals surface area contributed by atoms with Crippen LogP contribution in [0.15, 0.2) is 28.8 Å². The van der Waals surface area contributed by atoms with E-state index in [4.69, 9.17) is 4.52 Å². The van der Waals surface area contributed by atoms with Gasteiger partial charge in [0.15, 0.2) is 5.82 Å². The number of nitrogens with zero attached hydrogens (tertiary/aromatic N) is 5. The average Bonchev–Trinajstić information content (AvgIpc) is 3.17. The third-order valence-electron chi connectivity index (χ3n) is 4.98. The summed E-state index contributed by atoms with van der Waals surface area (Å²) in [5, 5.41) is 14.8. The van der Waals surface area contributed by atoms with Gasteiger partial charge in [-0.05, 0) is 18.6 Å². The number of hydrogen-bond donors (Lipinski definition) is 0. The first kappa shape index (κ1) is 20.8. The molecule has 3 rings (SSSR count). The number of aromatic nitrogens is 2. The fourth-order valence-corrected chi connectivity index (χ4v) is 3.21. The van der Waals surface area contributed by atoms with Gasteiger partial charge in [-0.3, -0.25) is 14.9 Å². The summed E-state index contributed by atoms with van der Waals surface area (Å²) in [6.07, 6.45) is 1.72. The predicted molar refractivity (Wildman–Crippen MR) is 108 cm³/mol. The van der Waals surface area contributed by atoms with Gasteiger partial charge in [0.1, 0.15) is 0 Å². The Hall–Kier alpha value is -2.97. The fourth-order valence-electron chi connectivity index (χ4n) is 3.21. The highest BCUT2D eigenvalue weighted by atomic mass is 16.6. The lowest BCUT2D eigenvalue weighted by atomic mass is 9.96. The van der Waals surface area contributed by atoms with E-state index in [9.17, 15) is 14.9 Å². The van der Waals surface area contributed by atoms with Gasteiger partial charge in [0.25, 0.3) is 5.69 Å². The first-order chi connectivity index (χ1) is 13.7. The number of rotatable bonds is 6. The molecular weight excluding hydrogens is 374 g/mol. The molecule has 1 amide bonds. The Morgan fingerprint density at radius 2 is 1.83 bits per heavy atom. The summed E-state index contributed by atoms with van der Waals surface area (Å²) in [5.41, 5.74) is 0.869. The highest BCUT2D eigenvalue weighted by molar-refractivity contribution is 5.76. The van der Waals surface area contributed by atoms with Crippen molar-refractivity contribution in [3.05, 3.63) is 46.1 Å². The van der Waals surface area contributed by atoms with Gasteiger partial charge in [-0.2, -0.15) is 4.98 Å². The summed E-state index contributed by atoms with van der Waals surface area (Å²) >= 11 is 0. The van der Waals surface area contributed by atoms with Gasteiger partial charge in [0.05, 0.1) is 4.92 Å². The van der Waals surface area contributed by atoms with Gasteiger partial charge >= 0.3 is 0 Å². The third-order valence-corrected chi connectivity index (χ3v) is 4.98. The summed E-state index contributed by atoms with van der Waals surface area (Å²) in [4.78, 5) is 31.3. The molecule has 29 heavy (non-hydrogen) atoms. The molecule has 0 atom stereocenters. The van der Waals surface area contributed by atoms with Crippen molar-refractivity contribution in [1.82, 2.24) is 15.0 Å². The number of aryl methyl sites for hydroxylation is 1. The smallest absolute Gasteiger partial charge is 0.269 e. The molecule has 1 aromatic carbocycles. The molecule has 1 aromatic heterocycles. The van der Waals surface area contributed by atoms with Crippen LogP contribution in [0.1, 0.15) is 45.3 Å². The van der Waals surface area contributed by atoms with Crippen molar-refractivity contribution in [2.24, 2.45) is 0 Å². The predicted octanol–water partition coefficient (Wildman–Crippen LogP) is 2.95. The maximum atomic E-state index is 12.5. The summed E-state index contributed by atoms with van der Waals surface area (Å²) in [6, 6.07) is 6.53. The summed E-state index contributed by atoms with van der Waals surface area (Å²) < 4.78 is 5.27. The van der Waals surface area contributed by atoms with E-state index in [1.807, 2.05) is 25.7 Å². The maximum absolute atomic E-state index is 12.5. The number of carbonyl (C=O) groups is 1. The van der Waals surface area contributed by atoms with Crippen LogP contribution < -0.4 is 4.90 Å². The van der Waals surface area contributed by atoms with Crippen molar-refractivity contribution >= 4 is 17.3 Å². The van der Waals surface area contributed by atoms with Crippen LogP contribution in [0.3, 0.4) is 0 Å². The molecule has 0 N–H and O–H groups in total. The molecule has 9 heteroatoms. The molecule has 156 valence electrons. The van der Waals surface area contributed by atoms with Crippen molar-refractivity contribution in [2.45, 2.75) is 45.4 Å². The van der Waals surface area contributed by atoms with E-state index in [-0.39, 0.29) is 17.0 Å². The molecule has 0 radical (unpaired) electrons. The molecule has 1 saturated heterocycles. The van der Waals surface area contributed by atoms with Crippen LogP contribution in [0, 0.1) is 10.1 Å². The highest BCUT2D eigenvalue weighted by Crippen LogP contribution is 2.21. The van der Waals surface area contributed by atoms with Gasteiger partial charge in [-0.25, -0.2) is 0 Å². The molecule has 0 aliphatic carbocycles. The lowest BCUT2D eigenvalue weighted by molar-refractivity contribution is -0.384. The monoisotopic (exact) mass is 401 g/mol. The number of nitro groups is 1. The normalized spacial score (nSPS) is 14.9. The van der Waals surface area contributed by atoms with Gasteiger partial charge in [0, 0.05) is 62.3 Å². The van der Waals surface area contributed by atoms with Gasteiger partial charge < -0.3 is 14.3 Å². The Labute approximate surface area is 169 Å². The van der Waals surface area contributed by atoms with E-state index < -0.39 is 4.92 Å². The van der Waals surface area contributed by atoms with Crippen molar-refractivity contribution < 1.29 is 14.2 Å². The Balaban J connectivity index is 1.43. The molecule has 1 aliphatic heterocycles. The minimum atomic E-state index is -0.404. The minimum Gasteiger partial charge on any atom is -0.368 e. The standard InChI is InChI=1S/C20H27N5O4/c1-20(2,3)19-21-17(29-22-19)5-4-6-18(26)24-13-11-23(12-14-24)15-7-9-16(10-8-15)25(27)28/h7-10H,4-6,11-14H2,1-3H3. The van der Waals surface area contributed by atoms with E-state index in [2.05, 4.69) is 15.0 Å². The second-order valence-electron chi connectivity index (χ2n) is 8.26. The summed E-state index contributed by atoms with van der Waals surface area (Å²) in [6.45, 7) is 8.80. The zero-order valence-electron chi connectivity index (χ0n) is 17.1. The van der Waals surface area contributed by atoms with Crippen LogP contribution in [-0.4, -0.2) is 52.1 Å². The van der Waals surface area contributed by atoms with Crippen LogP contribution in [0.2, 0.25) is 0 Å². The quantitative estimate of drug-likeness (QED) is 0.541. The first-order valence-electron chi connectivity index (χ1n) is 9.84. The third kappa shape index (κ3) is 5.30. The Kier molecular flexibility index (Phi) is 6.14. The highest BCUT2D eigenvalue weighted by Gasteiger charge is 2.23. The van der Waals surface area contributed by atoms with Crippen LogP contribution in [-0.2, 0) is 16.6 Å². The number of nitro benzene ring substituents is 1. The lowest BCUT2D eigenvalue weighted by Crippen LogP contribution is -2.48. The van der Waals surface area contributed by atoms with Gasteiger partial charge in [-0.1, -0.05) is 25.9 Å². The molecule has 1 aliphatic rings. The summed E-state index contributed by atoms with van der Waals surface area (Å²) in [7, 11) is 0. The minimum absolute atomic E-state index is 0.0819. The van der Waals surface area contributed by atoms with Gasteiger partial charge in [0.2, 0.25) is 11.8 Å². The molecule has 0 bridgehead atoms. The molecule has 1 fully saturated rings. The van der Waals surface area contributed by atoms with Crippen LogP contribution >= 0.6 is 0 Å². The molecule has 2 heterocycles. The first-order valence-corrected chi connectivity index (χ1v) is 9.84.